The molecule has 2 aromatic rings. The van der Waals surface area contributed by atoms with E-state index in [2.05, 4.69) is 16.8 Å². The first-order valence-electron chi connectivity index (χ1n) is 9.19. The van der Waals surface area contributed by atoms with Gasteiger partial charge < -0.3 is 14.7 Å². The number of ether oxygens (including phenoxy) is 1. The number of hydrogen-bond donors (Lipinski definition) is 1. The van der Waals surface area contributed by atoms with E-state index < -0.39 is 0 Å². The maximum Gasteiger partial charge on any atom is 0.176 e. The Labute approximate surface area is 168 Å². The van der Waals surface area contributed by atoms with Crippen LogP contribution in [-0.4, -0.2) is 38.6 Å². The lowest BCUT2D eigenvalue weighted by atomic mass is 9.95. The summed E-state index contributed by atoms with van der Waals surface area (Å²) < 4.78 is 5.61. The molecule has 27 heavy (non-hydrogen) atoms. The average Bonchev–Trinajstić information content (AvgIpc) is 3.25. The van der Waals surface area contributed by atoms with Crippen molar-refractivity contribution in [1.82, 2.24) is 9.88 Å². The number of thioether (sulfide) groups is 1. The summed E-state index contributed by atoms with van der Waals surface area (Å²) in [6.07, 6.45) is 2.84. The minimum atomic E-state index is -0.113. The number of aliphatic imine (C=N–C) groups is 1. The lowest BCUT2D eigenvalue weighted by Crippen LogP contribution is -2.35. The van der Waals surface area contributed by atoms with Crippen LogP contribution in [0.15, 0.2) is 41.5 Å². The van der Waals surface area contributed by atoms with E-state index in [1.54, 1.807) is 18.0 Å². The van der Waals surface area contributed by atoms with Gasteiger partial charge in [-0.2, -0.15) is 0 Å². The Balaban J connectivity index is 1.82. The van der Waals surface area contributed by atoms with Gasteiger partial charge in [0.15, 0.2) is 16.7 Å². The number of benzene rings is 1. The molecule has 1 saturated heterocycles. The van der Waals surface area contributed by atoms with Gasteiger partial charge >= 0.3 is 0 Å². The fourth-order valence-electron chi connectivity index (χ4n) is 3.74. The van der Waals surface area contributed by atoms with Crippen LogP contribution < -0.4 is 4.74 Å². The first-order chi connectivity index (χ1) is 13.1. The third kappa shape index (κ3) is 3.25. The topological polar surface area (TPSA) is 58.0 Å². The maximum atomic E-state index is 10.2. The second-order valence-electron chi connectivity index (χ2n) is 6.62. The highest BCUT2D eigenvalue weighted by Crippen LogP contribution is 2.50. The maximum absolute atomic E-state index is 10.2. The fourth-order valence-corrected chi connectivity index (χ4v) is 5.30. The molecular formula is C20H22ClN3O2S. The summed E-state index contributed by atoms with van der Waals surface area (Å²) in [6.45, 7) is 4.55. The van der Waals surface area contributed by atoms with Crippen LogP contribution in [0.3, 0.4) is 0 Å². The number of rotatable bonds is 5. The van der Waals surface area contributed by atoms with Gasteiger partial charge in [0.25, 0.3) is 0 Å². The molecule has 3 atom stereocenters. The molecule has 0 unspecified atom stereocenters. The number of pyridine rings is 1. The first-order valence-corrected chi connectivity index (χ1v) is 10.6. The summed E-state index contributed by atoms with van der Waals surface area (Å²) in [7, 11) is 0. The fraction of sp³-hybridized carbons (Fsp3) is 0.400. The van der Waals surface area contributed by atoms with Crippen molar-refractivity contribution in [2.75, 3.05) is 12.4 Å². The molecule has 0 aliphatic carbocycles. The van der Waals surface area contributed by atoms with Crippen LogP contribution in [0.25, 0.3) is 0 Å². The van der Waals surface area contributed by atoms with Gasteiger partial charge in [-0.1, -0.05) is 36.4 Å². The Hall–Kier alpha value is -1.92. The number of fused-ring (bicyclic) bond motifs is 1. The Morgan fingerprint density at radius 2 is 2.19 bits per heavy atom. The largest absolute Gasteiger partial charge is 0.503 e. The number of aromatic nitrogens is 1. The Morgan fingerprint density at radius 1 is 1.33 bits per heavy atom. The van der Waals surface area contributed by atoms with E-state index in [1.807, 2.05) is 37.3 Å². The Kier molecular flexibility index (Phi) is 5.19. The predicted molar refractivity (Wildman–Crippen MR) is 110 cm³/mol. The summed E-state index contributed by atoms with van der Waals surface area (Å²) in [6, 6.07) is 9.91. The molecule has 1 aromatic carbocycles. The van der Waals surface area contributed by atoms with Gasteiger partial charge in [-0.25, -0.2) is 0 Å². The molecule has 142 valence electrons. The number of nitrogens with zero attached hydrogens (tertiary/aromatic N) is 3. The molecule has 1 aromatic heterocycles. The molecule has 2 aliphatic rings. The highest BCUT2D eigenvalue weighted by Gasteiger charge is 2.45. The number of amidine groups is 1. The third-order valence-electron chi connectivity index (χ3n) is 5.02. The molecule has 4 rings (SSSR count). The van der Waals surface area contributed by atoms with Crippen LogP contribution in [0.4, 0.5) is 0 Å². The highest BCUT2D eigenvalue weighted by atomic mass is 35.5. The van der Waals surface area contributed by atoms with Crippen molar-refractivity contribution < 1.29 is 9.84 Å². The summed E-state index contributed by atoms with van der Waals surface area (Å²) in [5.74, 6) is 1.43. The first kappa shape index (κ1) is 18.4. The van der Waals surface area contributed by atoms with Gasteiger partial charge in [0, 0.05) is 18.0 Å². The molecule has 0 saturated carbocycles. The van der Waals surface area contributed by atoms with Gasteiger partial charge in [-0.3, -0.25) is 9.98 Å². The zero-order valence-corrected chi connectivity index (χ0v) is 16.9. The van der Waals surface area contributed by atoms with Gasteiger partial charge in [0.05, 0.1) is 23.4 Å². The quantitative estimate of drug-likeness (QED) is 0.775. The predicted octanol–water partition coefficient (Wildman–Crippen LogP) is 4.82. The summed E-state index contributed by atoms with van der Waals surface area (Å²) in [5.41, 5.74) is 1.92. The van der Waals surface area contributed by atoms with Gasteiger partial charge in [-0.05, 0) is 43.2 Å². The van der Waals surface area contributed by atoms with Gasteiger partial charge in [-0.15, -0.1) is 0 Å². The van der Waals surface area contributed by atoms with E-state index in [1.165, 1.54) is 0 Å². The number of halogens is 1. The molecule has 0 bridgehead atoms. The highest BCUT2D eigenvalue weighted by molar-refractivity contribution is 8.14. The van der Waals surface area contributed by atoms with Crippen LogP contribution in [-0.2, 0) is 0 Å². The molecular weight excluding hydrogens is 382 g/mol. The van der Waals surface area contributed by atoms with Crippen molar-refractivity contribution in [3.8, 4) is 11.5 Å². The second kappa shape index (κ2) is 7.60. The lowest BCUT2D eigenvalue weighted by Gasteiger charge is -2.32. The molecule has 5 nitrogen and oxygen atoms in total. The van der Waals surface area contributed by atoms with Crippen LogP contribution in [0.2, 0.25) is 5.02 Å². The summed E-state index contributed by atoms with van der Waals surface area (Å²) in [5, 5.41) is 11.6. The number of hydrogen-bond acceptors (Lipinski definition) is 6. The SMILES string of the molecule is CCOc1cc([C@@H]2[C@H](c3ccccn3)N=C3SC[C@H](CC)N32)cc(Cl)c1O. The van der Waals surface area contributed by atoms with Crippen molar-refractivity contribution in [2.45, 2.75) is 38.4 Å². The molecule has 0 radical (unpaired) electrons. The zero-order chi connectivity index (χ0) is 19.0. The summed E-state index contributed by atoms with van der Waals surface area (Å²) in [4.78, 5) is 11.9. The molecule has 0 amide bonds. The van der Waals surface area contributed by atoms with E-state index in [0.29, 0.717) is 23.4 Å². The van der Waals surface area contributed by atoms with E-state index >= 15 is 0 Å². The smallest absolute Gasteiger partial charge is 0.176 e. The van der Waals surface area contributed by atoms with Crippen molar-refractivity contribution in [3.05, 3.63) is 52.8 Å². The number of phenolic OH excluding ortho intramolecular Hbond substituents is 1. The van der Waals surface area contributed by atoms with Crippen LogP contribution in [0.1, 0.15) is 43.6 Å². The van der Waals surface area contributed by atoms with Crippen molar-refractivity contribution in [2.24, 2.45) is 4.99 Å². The van der Waals surface area contributed by atoms with E-state index in [4.69, 9.17) is 21.3 Å². The molecule has 1 N–H and O–H groups in total. The van der Waals surface area contributed by atoms with E-state index in [0.717, 1.165) is 28.6 Å². The standard InChI is InChI=1S/C20H22ClN3O2S/c1-3-13-11-27-20-23-17(15-7-5-6-8-22-15)18(24(13)20)12-9-14(21)19(25)16(10-12)26-4-2/h5-10,13,17-18,25H,3-4,11H2,1-2H3/t13-,17-,18+/m0/s1. The summed E-state index contributed by atoms with van der Waals surface area (Å²) >= 11 is 8.13. The Morgan fingerprint density at radius 3 is 2.89 bits per heavy atom. The molecule has 7 heteroatoms. The van der Waals surface area contributed by atoms with Gasteiger partial charge in [0.1, 0.15) is 6.04 Å². The number of phenols is 1. The molecule has 2 aliphatic heterocycles. The Bertz CT molecular complexity index is 862. The van der Waals surface area contributed by atoms with Crippen LogP contribution >= 0.6 is 23.4 Å². The van der Waals surface area contributed by atoms with Crippen LogP contribution in [0.5, 0.6) is 11.5 Å². The number of aromatic hydroxyl groups is 1. The minimum absolute atomic E-state index is 0.0152. The van der Waals surface area contributed by atoms with Crippen molar-refractivity contribution >= 4 is 28.5 Å². The lowest BCUT2D eigenvalue weighted by molar-refractivity contribution is 0.253. The second-order valence-corrected chi connectivity index (χ2v) is 8.01. The van der Waals surface area contributed by atoms with E-state index in [-0.39, 0.29) is 17.8 Å². The monoisotopic (exact) mass is 403 g/mol. The van der Waals surface area contributed by atoms with Crippen molar-refractivity contribution in [1.29, 1.82) is 0 Å². The minimum Gasteiger partial charge on any atom is -0.503 e. The molecule has 1 fully saturated rings. The third-order valence-corrected chi connectivity index (χ3v) is 6.44. The van der Waals surface area contributed by atoms with Gasteiger partial charge in [0.2, 0.25) is 0 Å². The van der Waals surface area contributed by atoms with Crippen molar-refractivity contribution in [3.63, 3.8) is 0 Å². The molecule has 3 heterocycles. The molecule has 0 spiro atoms. The zero-order valence-electron chi connectivity index (χ0n) is 15.3. The van der Waals surface area contributed by atoms with E-state index in [9.17, 15) is 5.11 Å². The average molecular weight is 404 g/mol. The normalized spacial score (nSPS) is 24.0. The van der Waals surface area contributed by atoms with Crippen LogP contribution in [0, 0.1) is 0 Å².